The van der Waals surface area contributed by atoms with Gasteiger partial charge in [0.25, 0.3) is 0 Å². The predicted molar refractivity (Wildman–Crippen MR) is 123 cm³/mol. The molecule has 0 amide bonds. The first-order valence-electron chi connectivity index (χ1n) is 10.5. The molecule has 1 unspecified atom stereocenters. The van der Waals surface area contributed by atoms with Crippen LogP contribution in [0.15, 0.2) is 72.8 Å². The molecule has 0 N–H and O–H groups in total. The fraction of sp³-hybridized carbons (Fsp3) is 0.308. The van der Waals surface area contributed by atoms with E-state index < -0.39 is 0 Å². The quantitative estimate of drug-likeness (QED) is 0.499. The van der Waals surface area contributed by atoms with Crippen LogP contribution in [0.25, 0.3) is 11.1 Å². The van der Waals surface area contributed by atoms with Crippen LogP contribution in [0, 0.1) is 6.92 Å². The summed E-state index contributed by atoms with van der Waals surface area (Å²) in [6.07, 6.45) is 0. The van der Waals surface area contributed by atoms with E-state index in [0.717, 1.165) is 43.3 Å². The van der Waals surface area contributed by atoms with Gasteiger partial charge in [0.05, 0.1) is 0 Å². The number of benzene rings is 3. The molecule has 1 aliphatic rings. The van der Waals surface area contributed by atoms with Crippen LogP contribution in [-0.2, 0) is 6.54 Å². The number of likely N-dealkylation sites (N-methyl/N-ethyl adjacent to an activating group) is 1. The Morgan fingerprint density at radius 1 is 0.931 bits per heavy atom. The Kier molecular flexibility index (Phi) is 6.34. The molecule has 150 valence electrons. The van der Waals surface area contributed by atoms with Crippen molar-refractivity contribution in [2.24, 2.45) is 0 Å². The third-order valence-electron chi connectivity index (χ3n) is 5.93. The van der Waals surface area contributed by atoms with Crippen LogP contribution in [0.4, 0.5) is 0 Å². The molecule has 4 rings (SSSR count). The summed E-state index contributed by atoms with van der Waals surface area (Å²) in [6, 6.07) is 26.4. The summed E-state index contributed by atoms with van der Waals surface area (Å²) in [5, 5.41) is 0.833. The molecule has 3 aromatic rings. The van der Waals surface area contributed by atoms with Gasteiger partial charge in [-0.25, -0.2) is 0 Å². The van der Waals surface area contributed by atoms with Gasteiger partial charge in [-0.2, -0.15) is 0 Å². The van der Waals surface area contributed by atoms with Crippen molar-refractivity contribution in [1.29, 1.82) is 0 Å². The fourth-order valence-corrected chi connectivity index (χ4v) is 4.66. The summed E-state index contributed by atoms with van der Waals surface area (Å²) in [6.45, 7) is 9.65. The van der Waals surface area contributed by atoms with Crippen molar-refractivity contribution < 1.29 is 0 Å². The van der Waals surface area contributed by atoms with Crippen LogP contribution in [-0.4, -0.2) is 36.0 Å². The second kappa shape index (κ2) is 9.13. The van der Waals surface area contributed by atoms with Crippen LogP contribution in [0.2, 0.25) is 5.02 Å². The Hall–Kier alpha value is -2.13. The van der Waals surface area contributed by atoms with Crippen LogP contribution in [0.1, 0.15) is 29.7 Å². The Morgan fingerprint density at radius 3 is 2.48 bits per heavy atom. The van der Waals surface area contributed by atoms with Gasteiger partial charge >= 0.3 is 0 Å². The lowest BCUT2D eigenvalue weighted by Crippen LogP contribution is -2.47. The lowest BCUT2D eigenvalue weighted by molar-refractivity contribution is 0.0738. The van der Waals surface area contributed by atoms with Crippen LogP contribution < -0.4 is 0 Å². The van der Waals surface area contributed by atoms with Gasteiger partial charge in [-0.05, 0) is 36.2 Å². The molecule has 3 heteroatoms. The van der Waals surface area contributed by atoms with E-state index in [1.54, 1.807) is 0 Å². The van der Waals surface area contributed by atoms with Gasteiger partial charge in [0, 0.05) is 42.8 Å². The number of hydrogen-bond acceptors (Lipinski definition) is 2. The molecule has 0 bridgehead atoms. The van der Waals surface area contributed by atoms with E-state index in [0.29, 0.717) is 6.04 Å². The number of rotatable bonds is 5. The first-order chi connectivity index (χ1) is 14.1. The van der Waals surface area contributed by atoms with E-state index in [-0.39, 0.29) is 0 Å². The smallest absolute Gasteiger partial charge is 0.0487 e. The second-order valence-corrected chi connectivity index (χ2v) is 8.38. The molecule has 1 saturated heterocycles. The van der Waals surface area contributed by atoms with Crippen LogP contribution >= 0.6 is 11.6 Å². The molecule has 1 atom stereocenters. The molecule has 1 aliphatic heterocycles. The zero-order valence-electron chi connectivity index (χ0n) is 17.3. The van der Waals surface area contributed by atoms with E-state index >= 15 is 0 Å². The average Bonchev–Trinajstić information content (AvgIpc) is 2.74. The molecule has 0 saturated carbocycles. The van der Waals surface area contributed by atoms with Crippen molar-refractivity contribution in [3.63, 3.8) is 0 Å². The van der Waals surface area contributed by atoms with E-state index in [9.17, 15) is 0 Å². The highest BCUT2D eigenvalue weighted by molar-refractivity contribution is 6.33. The van der Waals surface area contributed by atoms with E-state index in [2.05, 4.69) is 96.4 Å². The summed E-state index contributed by atoms with van der Waals surface area (Å²) in [7, 11) is 0. The minimum Gasteiger partial charge on any atom is -0.296 e. The number of piperazine rings is 1. The van der Waals surface area contributed by atoms with Crippen molar-refractivity contribution in [3.8, 4) is 11.1 Å². The minimum absolute atomic E-state index is 0.456. The lowest BCUT2D eigenvalue weighted by atomic mass is 10.0. The SMILES string of the molecule is CCN1CCN(Cc2ccc(-c3cccc(C)c3)c(Cl)c2)CC1c1ccccc1. The molecular weight excluding hydrogens is 376 g/mol. The Morgan fingerprint density at radius 2 is 1.76 bits per heavy atom. The van der Waals surface area contributed by atoms with Gasteiger partial charge in [0.15, 0.2) is 0 Å². The predicted octanol–water partition coefficient (Wildman–Crippen LogP) is 6.19. The Balaban J connectivity index is 1.50. The van der Waals surface area contributed by atoms with E-state index in [4.69, 9.17) is 11.6 Å². The third-order valence-corrected chi connectivity index (χ3v) is 6.25. The standard InChI is InChI=1S/C26H29ClN2/c1-3-29-15-14-28(19-26(29)22-9-5-4-6-10-22)18-21-12-13-24(25(27)17-21)23-11-7-8-20(2)16-23/h4-13,16-17,26H,3,14-15,18-19H2,1-2H3. The molecular formula is C26H29ClN2. The number of hydrogen-bond donors (Lipinski definition) is 0. The van der Waals surface area contributed by atoms with Gasteiger partial charge in [-0.3, -0.25) is 9.80 Å². The molecule has 3 aromatic carbocycles. The molecule has 0 spiro atoms. The highest BCUT2D eigenvalue weighted by Crippen LogP contribution is 2.31. The van der Waals surface area contributed by atoms with Crippen LogP contribution in [0.3, 0.4) is 0 Å². The maximum absolute atomic E-state index is 6.68. The maximum atomic E-state index is 6.68. The summed E-state index contributed by atoms with van der Waals surface area (Å²) >= 11 is 6.68. The van der Waals surface area contributed by atoms with Crippen molar-refractivity contribution >= 4 is 11.6 Å². The number of nitrogens with zero attached hydrogens (tertiary/aromatic N) is 2. The third kappa shape index (κ3) is 4.72. The van der Waals surface area contributed by atoms with Gasteiger partial charge in [-0.15, -0.1) is 0 Å². The molecule has 2 nitrogen and oxygen atoms in total. The first-order valence-corrected chi connectivity index (χ1v) is 10.9. The Bertz CT molecular complexity index is 954. The topological polar surface area (TPSA) is 6.48 Å². The molecule has 1 heterocycles. The van der Waals surface area contributed by atoms with Crippen molar-refractivity contribution in [2.45, 2.75) is 26.4 Å². The van der Waals surface area contributed by atoms with Crippen molar-refractivity contribution in [1.82, 2.24) is 9.80 Å². The molecule has 0 aliphatic carbocycles. The fourth-order valence-electron chi connectivity index (χ4n) is 4.35. The summed E-state index contributed by atoms with van der Waals surface area (Å²) in [4.78, 5) is 5.14. The van der Waals surface area contributed by atoms with Gasteiger partial charge in [0.2, 0.25) is 0 Å². The highest BCUT2D eigenvalue weighted by Gasteiger charge is 2.27. The number of halogens is 1. The molecule has 0 radical (unpaired) electrons. The summed E-state index contributed by atoms with van der Waals surface area (Å²) in [5.74, 6) is 0. The van der Waals surface area contributed by atoms with Gasteiger partial charge in [0.1, 0.15) is 0 Å². The number of aryl methyl sites for hydroxylation is 1. The zero-order valence-corrected chi connectivity index (χ0v) is 18.1. The highest BCUT2D eigenvalue weighted by atomic mass is 35.5. The van der Waals surface area contributed by atoms with Crippen molar-refractivity contribution in [2.75, 3.05) is 26.2 Å². The normalized spacial score (nSPS) is 18.1. The summed E-state index contributed by atoms with van der Waals surface area (Å²) < 4.78 is 0. The van der Waals surface area contributed by atoms with Gasteiger partial charge < -0.3 is 0 Å². The van der Waals surface area contributed by atoms with E-state index in [1.165, 1.54) is 22.3 Å². The zero-order chi connectivity index (χ0) is 20.2. The monoisotopic (exact) mass is 404 g/mol. The van der Waals surface area contributed by atoms with E-state index in [1.807, 2.05) is 0 Å². The largest absolute Gasteiger partial charge is 0.296 e. The molecule has 0 aromatic heterocycles. The molecule has 29 heavy (non-hydrogen) atoms. The minimum atomic E-state index is 0.456. The Labute approximate surface area is 179 Å². The summed E-state index contributed by atoms with van der Waals surface area (Å²) in [5.41, 5.74) is 6.23. The van der Waals surface area contributed by atoms with Gasteiger partial charge in [-0.1, -0.05) is 90.8 Å². The first kappa shape index (κ1) is 20.2. The second-order valence-electron chi connectivity index (χ2n) is 7.97. The van der Waals surface area contributed by atoms with Crippen LogP contribution in [0.5, 0.6) is 0 Å². The average molecular weight is 405 g/mol. The lowest BCUT2D eigenvalue weighted by Gasteiger charge is -2.41. The van der Waals surface area contributed by atoms with Crippen molar-refractivity contribution in [3.05, 3.63) is 94.5 Å². The molecule has 1 fully saturated rings. The maximum Gasteiger partial charge on any atom is 0.0487 e.